The summed E-state index contributed by atoms with van der Waals surface area (Å²) in [5.74, 6) is -0.498. The second kappa shape index (κ2) is 5.85. The van der Waals surface area contributed by atoms with Gasteiger partial charge in [-0.2, -0.15) is 0 Å². The Labute approximate surface area is 122 Å². The van der Waals surface area contributed by atoms with Crippen LogP contribution in [-0.4, -0.2) is 43.9 Å². The maximum Gasteiger partial charge on any atom is 0.252 e. The van der Waals surface area contributed by atoms with E-state index in [9.17, 15) is 9.59 Å². The minimum atomic E-state index is -1.14. The molecule has 0 spiro atoms. The van der Waals surface area contributed by atoms with Gasteiger partial charge in [0.05, 0.1) is 12.3 Å². The molecule has 1 aromatic rings. The molecule has 1 unspecified atom stereocenters. The predicted molar refractivity (Wildman–Crippen MR) is 79.0 cm³/mol. The molecule has 0 bridgehead atoms. The minimum Gasteiger partial charge on any atom is -0.383 e. The maximum absolute atomic E-state index is 12.5. The topological polar surface area (TPSA) is 58.6 Å². The molecule has 0 fully saturated rings. The van der Waals surface area contributed by atoms with Gasteiger partial charge in [0.25, 0.3) is 5.91 Å². The monoisotopic (exact) mass is 294 g/mol. The van der Waals surface area contributed by atoms with Gasteiger partial charge in [-0.05, 0) is 19.1 Å². The third-order valence-electron chi connectivity index (χ3n) is 3.28. The number of hydrogen-bond acceptors (Lipinski definition) is 4. The van der Waals surface area contributed by atoms with E-state index in [2.05, 4.69) is 5.32 Å². The second-order valence-corrected chi connectivity index (χ2v) is 6.18. The Bertz CT molecular complexity index is 535. The van der Waals surface area contributed by atoms with Crippen LogP contribution in [0.15, 0.2) is 29.2 Å². The predicted octanol–water partition coefficient (Wildman–Crippen LogP) is 1.28. The molecule has 1 aliphatic heterocycles. The van der Waals surface area contributed by atoms with Gasteiger partial charge in [-0.15, -0.1) is 0 Å². The summed E-state index contributed by atoms with van der Waals surface area (Å²) >= 11 is 1.29. The first-order valence-electron chi connectivity index (χ1n) is 6.34. The average molecular weight is 294 g/mol. The molecule has 1 heterocycles. The average Bonchev–Trinajstić information content (AvgIpc) is 2.45. The molecule has 0 aliphatic carbocycles. The van der Waals surface area contributed by atoms with Gasteiger partial charge in [0.2, 0.25) is 5.91 Å². The van der Waals surface area contributed by atoms with Crippen molar-refractivity contribution in [3.63, 3.8) is 0 Å². The normalized spacial score (nSPS) is 21.6. The van der Waals surface area contributed by atoms with Crippen LogP contribution in [-0.2, 0) is 14.3 Å². The number of carbonyl (C=O) groups excluding carboxylic acids is 2. The molecular formula is C14H18N2O3S. The van der Waals surface area contributed by atoms with Crippen LogP contribution in [0.25, 0.3) is 0 Å². The van der Waals surface area contributed by atoms with Gasteiger partial charge in [-0.3, -0.25) is 9.59 Å². The molecule has 2 rings (SSSR count). The summed E-state index contributed by atoms with van der Waals surface area (Å²) in [7, 11) is 3.26. The van der Waals surface area contributed by atoms with E-state index in [4.69, 9.17) is 4.74 Å². The van der Waals surface area contributed by atoms with Crippen LogP contribution < -0.4 is 10.2 Å². The highest BCUT2D eigenvalue weighted by atomic mass is 32.2. The van der Waals surface area contributed by atoms with Crippen molar-refractivity contribution in [2.75, 3.05) is 32.2 Å². The Kier molecular flexibility index (Phi) is 4.35. The molecule has 2 amide bonds. The Balaban J connectivity index is 2.24. The summed E-state index contributed by atoms with van der Waals surface area (Å²) in [5, 5.41) is 2.74. The quantitative estimate of drug-likeness (QED) is 0.671. The van der Waals surface area contributed by atoms with Crippen LogP contribution >= 0.6 is 11.8 Å². The number of ether oxygens (including phenoxy) is 1. The lowest BCUT2D eigenvalue weighted by Gasteiger charge is -2.36. The first kappa shape index (κ1) is 14.9. The van der Waals surface area contributed by atoms with Crippen molar-refractivity contribution in [3.8, 4) is 0 Å². The number of para-hydroxylation sites is 1. The van der Waals surface area contributed by atoms with Crippen LogP contribution in [0.3, 0.4) is 0 Å². The molecule has 1 N–H and O–H groups in total. The molecule has 108 valence electrons. The molecule has 1 aliphatic rings. The zero-order chi connectivity index (χ0) is 14.8. The third kappa shape index (κ3) is 2.53. The number of benzene rings is 1. The number of amides is 2. The van der Waals surface area contributed by atoms with Gasteiger partial charge >= 0.3 is 0 Å². The fraction of sp³-hybridized carbons (Fsp3) is 0.429. The van der Waals surface area contributed by atoms with Gasteiger partial charge < -0.3 is 15.0 Å². The molecule has 1 aromatic carbocycles. The molecule has 5 nitrogen and oxygen atoms in total. The van der Waals surface area contributed by atoms with Crippen molar-refractivity contribution in [2.45, 2.75) is 16.6 Å². The van der Waals surface area contributed by atoms with Crippen LogP contribution in [0.2, 0.25) is 0 Å². The highest BCUT2D eigenvalue weighted by Crippen LogP contribution is 2.44. The Morgan fingerprint density at radius 1 is 1.45 bits per heavy atom. The smallest absolute Gasteiger partial charge is 0.252 e. The minimum absolute atomic E-state index is 0.212. The first-order chi connectivity index (χ1) is 9.50. The highest BCUT2D eigenvalue weighted by molar-refractivity contribution is 8.02. The number of hydrogen-bond donors (Lipinski definition) is 1. The summed E-state index contributed by atoms with van der Waals surface area (Å²) < 4.78 is 3.76. The Morgan fingerprint density at radius 2 is 2.15 bits per heavy atom. The molecule has 6 heteroatoms. The molecule has 0 radical (unpaired) electrons. The molecule has 20 heavy (non-hydrogen) atoms. The van der Waals surface area contributed by atoms with Gasteiger partial charge in [-0.25, -0.2) is 0 Å². The molecule has 1 atom stereocenters. The van der Waals surface area contributed by atoms with Gasteiger partial charge in [0.15, 0.2) is 4.75 Å². The zero-order valence-electron chi connectivity index (χ0n) is 11.8. The zero-order valence-corrected chi connectivity index (χ0v) is 12.6. The lowest BCUT2D eigenvalue weighted by Crippen LogP contribution is -2.55. The SMILES string of the molecule is COCCNC(=O)C1(C)Sc2ccccc2N(C)C1=O. The van der Waals surface area contributed by atoms with Crippen molar-refractivity contribution < 1.29 is 14.3 Å². The number of anilines is 1. The fourth-order valence-electron chi connectivity index (χ4n) is 2.09. The molecule has 0 saturated heterocycles. The van der Waals surface area contributed by atoms with Gasteiger partial charge in [0, 0.05) is 25.6 Å². The van der Waals surface area contributed by atoms with E-state index >= 15 is 0 Å². The van der Waals surface area contributed by atoms with Crippen molar-refractivity contribution in [3.05, 3.63) is 24.3 Å². The van der Waals surface area contributed by atoms with Crippen molar-refractivity contribution in [1.82, 2.24) is 5.32 Å². The molecule has 0 saturated carbocycles. The van der Waals surface area contributed by atoms with E-state index < -0.39 is 4.75 Å². The summed E-state index contributed by atoms with van der Waals surface area (Å²) in [6.07, 6.45) is 0. The van der Waals surface area contributed by atoms with Gasteiger partial charge in [-0.1, -0.05) is 23.9 Å². The summed E-state index contributed by atoms with van der Waals surface area (Å²) in [6, 6.07) is 7.58. The van der Waals surface area contributed by atoms with Crippen molar-refractivity contribution in [2.24, 2.45) is 0 Å². The third-order valence-corrected chi connectivity index (χ3v) is 4.61. The van der Waals surface area contributed by atoms with Crippen LogP contribution in [0.5, 0.6) is 0 Å². The van der Waals surface area contributed by atoms with E-state index in [0.717, 1.165) is 10.6 Å². The number of methoxy groups -OCH3 is 1. The van der Waals surface area contributed by atoms with Crippen molar-refractivity contribution in [1.29, 1.82) is 0 Å². The molecular weight excluding hydrogens is 276 g/mol. The maximum atomic E-state index is 12.5. The van der Waals surface area contributed by atoms with E-state index in [-0.39, 0.29) is 11.8 Å². The Morgan fingerprint density at radius 3 is 2.85 bits per heavy atom. The fourth-order valence-corrected chi connectivity index (χ4v) is 3.38. The summed E-state index contributed by atoms with van der Waals surface area (Å²) in [4.78, 5) is 27.3. The number of thioether (sulfide) groups is 1. The van der Waals surface area contributed by atoms with Crippen molar-refractivity contribution >= 4 is 29.3 Å². The van der Waals surface area contributed by atoms with E-state index in [0.29, 0.717) is 13.2 Å². The molecule has 0 aromatic heterocycles. The first-order valence-corrected chi connectivity index (χ1v) is 7.16. The van der Waals surface area contributed by atoms with Crippen LogP contribution in [0.1, 0.15) is 6.92 Å². The number of nitrogens with one attached hydrogen (secondary N) is 1. The second-order valence-electron chi connectivity index (χ2n) is 4.72. The summed E-state index contributed by atoms with van der Waals surface area (Å²) in [6.45, 7) is 2.48. The van der Waals surface area contributed by atoms with Crippen LogP contribution in [0, 0.1) is 0 Å². The number of fused-ring (bicyclic) bond motifs is 1. The van der Waals surface area contributed by atoms with Gasteiger partial charge in [0.1, 0.15) is 0 Å². The lowest BCUT2D eigenvalue weighted by atomic mass is 10.1. The number of nitrogens with zero attached hydrogens (tertiary/aromatic N) is 1. The van der Waals surface area contributed by atoms with E-state index in [1.165, 1.54) is 11.8 Å². The lowest BCUT2D eigenvalue weighted by molar-refractivity contribution is -0.131. The summed E-state index contributed by atoms with van der Waals surface area (Å²) in [5.41, 5.74) is 0.838. The highest BCUT2D eigenvalue weighted by Gasteiger charge is 2.47. The number of carbonyl (C=O) groups is 2. The van der Waals surface area contributed by atoms with Crippen LogP contribution in [0.4, 0.5) is 5.69 Å². The largest absolute Gasteiger partial charge is 0.383 e. The number of rotatable bonds is 4. The standard InChI is InChI=1S/C14H18N2O3S/c1-14(12(17)15-8-9-19-3)13(18)16(2)10-6-4-5-7-11(10)20-14/h4-7H,8-9H2,1-3H3,(H,15,17). The Hall–Kier alpha value is -1.53. The van der Waals surface area contributed by atoms with E-state index in [1.54, 1.807) is 26.0 Å². The van der Waals surface area contributed by atoms with E-state index in [1.807, 2.05) is 24.3 Å².